The number of hydrogen-bond donors (Lipinski definition) is 3. The van der Waals surface area contributed by atoms with E-state index in [4.69, 9.17) is 4.98 Å². The second-order valence-corrected chi connectivity index (χ2v) is 8.42. The Morgan fingerprint density at radius 3 is 2.44 bits per heavy atom. The Kier molecular flexibility index (Phi) is 6.30. The molecule has 0 bridgehead atoms. The van der Waals surface area contributed by atoms with E-state index in [1.54, 1.807) is 6.07 Å². The number of aromatic hydroxyl groups is 1. The molecule has 2 aromatic heterocycles. The van der Waals surface area contributed by atoms with E-state index in [0.29, 0.717) is 12.2 Å². The van der Waals surface area contributed by atoms with Gasteiger partial charge in [-0.15, -0.1) is 0 Å². The first-order valence-corrected chi connectivity index (χ1v) is 11.1. The summed E-state index contributed by atoms with van der Waals surface area (Å²) < 4.78 is 2.10. The summed E-state index contributed by atoms with van der Waals surface area (Å²) >= 11 is 0. The zero-order valence-electron chi connectivity index (χ0n) is 19.2. The van der Waals surface area contributed by atoms with E-state index >= 15 is 0 Å². The molecule has 0 radical (unpaired) electrons. The highest BCUT2D eigenvalue weighted by Gasteiger charge is 2.14. The van der Waals surface area contributed by atoms with Crippen molar-refractivity contribution in [2.24, 2.45) is 0 Å². The van der Waals surface area contributed by atoms with Crippen LogP contribution in [0, 0.1) is 20.8 Å². The molecule has 32 heavy (non-hydrogen) atoms. The first-order valence-electron chi connectivity index (χ1n) is 11.1. The first kappa shape index (κ1) is 21.7. The number of nitrogens with zero attached hydrogens (tertiary/aromatic N) is 3. The molecule has 0 unspecified atom stereocenters. The third-order valence-corrected chi connectivity index (χ3v) is 5.46. The second-order valence-electron chi connectivity index (χ2n) is 8.42. The number of nitrogens with one attached hydrogen (secondary N) is 2. The molecule has 3 N–H and O–H groups in total. The van der Waals surface area contributed by atoms with Crippen LogP contribution in [0.4, 0.5) is 11.6 Å². The fraction of sp³-hybridized carbons (Fsp3) is 0.308. The summed E-state index contributed by atoms with van der Waals surface area (Å²) in [5.74, 6) is 0.996. The van der Waals surface area contributed by atoms with Gasteiger partial charge in [-0.3, -0.25) is 4.98 Å². The maximum absolute atomic E-state index is 10.4. The average molecular weight is 430 g/mol. The molecule has 0 aliphatic carbocycles. The molecule has 166 valence electrons. The SMILES string of the molecule is CCCNc1nc2ccc(CNc3cc(C)cc(C)c3)cc2n1Cc1nc(C)ccc1O. The maximum Gasteiger partial charge on any atom is 0.204 e. The van der Waals surface area contributed by atoms with Crippen molar-refractivity contribution in [1.82, 2.24) is 14.5 Å². The minimum Gasteiger partial charge on any atom is -0.506 e. The van der Waals surface area contributed by atoms with Gasteiger partial charge in [0, 0.05) is 24.5 Å². The molecule has 0 amide bonds. The average Bonchev–Trinajstić information content (AvgIpc) is 3.09. The van der Waals surface area contributed by atoms with Crippen LogP contribution in [0.2, 0.25) is 0 Å². The van der Waals surface area contributed by atoms with Gasteiger partial charge in [0.15, 0.2) is 0 Å². The van der Waals surface area contributed by atoms with E-state index in [-0.39, 0.29) is 5.75 Å². The predicted molar refractivity (Wildman–Crippen MR) is 131 cm³/mol. The monoisotopic (exact) mass is 429 g/mol. The topological polar surface area (TPSA) is 75.0 Å². The summed E-state index contributed by atoms with van der Waals surface area (Å²) in [5.41, 5.74) is 8.25. The van der Waals surface area contributed by atoms with Gasteiger partial charge in [-0.2, -0.15) is 0 Å². The lowest BCUT2D eigenvalue weighted by molar-refractivity contribution is 0.461. The van der Waals surface area contributed by atoms with Gasteiger partial charge in [-0.05, 0) is 80.3 Å². The number of anilines is 2. The van der Waals surface area contributed by atoms with Crippen LogP contribution < -0.4 is 10.6 Å². The number of rotatable bonds is 8. The van der Waals surface area contributed by atoms with Crippen molar-refractivity contribution < 1.29 is 5.11 Å². The van der Waals surface area contributed by atoms with Gasteiger partial charge in [0.05, 0.1) is 17.6 Å². The minimum absolute atomic E-state index is 0.200. The number of aromatic nitrogens is 3. The van der Waals surface area contributed by atoms with Gasteiger partial charge in [-0.25, -0.2) is 4.98 Å². The molecule has 2 aromatic carbocycles. The van der Waals surface area contributed by atoms with Gasteiger partial charge in [-0.1, -0.05) is 19.1 Å². The van der Waals surface area contributed by atoms with Crippen LogP contribution in [-0.4, -0.2) is 26.2 Å². The molecule has 0 fully saturated rings. The van der Waals surface area contributed by atoms with E-state index in [2.05, 4.69) is 77.4 Å². The van der Waals surface area contributed by atoms with Crippen molar-refractivity contribution >= 4 is 22.7 Å². The van der Waals surface area contributed by atoms with E-state index in [1.165, 1.54) is 16.7 Å². The Balaban J connectivity index is 1.67. The zero-order chi connectivity index (χ0) is 22.7. The molecule has 0 atom stereocenters. The van der Waals surface area contributed by atoms with Crippen molar-refractivity contribution in [2.45, 2.75) is 47.2 Å². The predicted octanol–water partition coefficient (Wildman–Crippen LogP) is 5.54. The van der Waals surface area contributed by atoms with Crippen LogP contribution in [0.3, 0.4) is 0 Å². The first-order chi connectivity index (χ1) is 15.4. The molecular weight excluding hydrogens is 398 g/mol. The summed E-state index contributed by atoms with van der Waals surface area (Å²) in [5, 5.41) is 17.3. The highest BCUT2D eigenvalue weighted by molar-refractivity contribution is 5.80. The Bertz CT molecular complexity index is 1220. The van der Waals surface area contributed by atoms with Gasteiger partial charge in [0.25, 0.3) is 0 Å². The van der Waals surface area contributed by atoms with Gasteiger partial charge in [0.1, 0.15) is 11.4 Å². The summed E-state index contributed by atoms with van der Waals surface area (Å²) in [6.45, 7) is 10.3. The number of aryl methyl sites for hydroxylation is 3. The fourth-order valence-electron chi connectivity index (χ4n) is 3.96. The smallest absolute Gasteiger partial charge is 0.204 e. The maximum atomic E-state index is 10.4. The van der Waals surface area contributed by atoms with Crippen LogP contribution >= 0.6 is 0 Å². The molecule has 4 rings (SSSR count). The van der Waals surface area contributed by atoms with E-state index < -0.39 is 0 Å². The second kappa shape index (κ2) is 9.30. The van der Waals surface area contributed by atoms with E-state index in [1.807, 2.05) is 13.0 Å². The molecule has 6 nitrogen and oxygen atoms in total. The van der Waals surface area contributed by atoms with Crippen LogP contribution in [0.15, 0.2) is 48.5 Å². The Morgan fingerprint density at radius 1 is 0.906 bits per heavy atom. The molecular formula is C26H31N5O. The van der Waals surface area contributed by atoms with Gasteiger partial charge >= 0.3 is 0 Å². The minimum atomic E-state index is 0.200. The molecule has 0 aliphatic heterocycles. The number of pyridine rings is 1. The summed E-state index contributed by atoms with van der Waals surface area (Å²) in [4.78, 5) is 9.36. The molecule has 2 heterocycles. The summed E-state index contributed by atoms with van der Waals surface area (Å²) in [6, 6.07) is 16.4. The molecule has 6 heteroatoms. The van der Waals surface area contributed by atoms with Crippen LogP contribution in [0.1, 0.15) is 41.4 Å². The lowest BCUT2D eigenvalue weighted by Gasteiger charge is -2.12. The van der Waals surface area contributed by atoms with Gasteiger partial charge in [0.2, 0.25) is 5.95 Å². The van der Waals surface area contributed by atoms with Crippen LogP contribution in [-0.2, 0) is 13.1 Å². The highest BCUT2D eigenvalue weighted by atomic mass is 16.3. The normalized spacial score (nSPS) is 11.1. The number of fused-ring (bicyclic) bond motifs is 1. The van der Waals surface area contributed by atoms with Crippen molar-refractivity contribution in [2.75, 3.05) is 17.2 Å². The quantitative estimate of drug-likeness (QED) is 0.343. The Morgan fingerprint density at radius 2 is 1.69 bits per heavy atom. The van der Waals surface area contributed by atoms with Crippen LogP contribution in [0.25, 0.3) is 11.0 Å². The molecule has 4 aromatic rings. The largest absolute Gasteiger partial charge is 0.506 e. The van der Waals surface area contributed by atoms with Gasteiger partial charge < -0.3 is 20.3 Å². The Labute approximate surface area is 189 Å². The van der Waals surface area contributed by atoms with Crippen molar-refractivity contribution in [1.29, 1.82) is 0 Å². The standard InChI is InChI=1S/C26H31N5O/c1-5-10-27-26-30-22-8-7-20(15-28-21-12-17(2)11-18(3)13-21)14-24(22)31(26)16-23-25(32)9-6-19(4)29-23/h6-9,11-14,28,32H,5,10,15-16H2,1-4H3,(H,27,30). The van der Waals surface area contributed by atoms with Crippen molar-refractivity contribution in [3.05, 3.63) is 76.6 Å². The van der Waals surface area contributed by atoms with E-state index in [9.17, 15) is 5.11 Å². The van der Waals surface area contributed by atoms with Crippen LogP contribution in [0.5, 0.6) is 5.75 Å². The third kappa shape index (κ3) is 4.85. The highest BCUT2D eigenvalue weighted by Crippen LogP contribution is 2.25. The summed E-state index contributed by atoms with van der Waals surface area (Å²) in [6.07, 6.45) is 1.00. The summed E-state index contributed by atoms with van der Waals surface area (Å²) in [7, 11) is 0. The molecule has 0 aliphatic rings. The van der Waals surface area contributed by atoms with Crippen molar-refractivity contribution in [3.8, 4) is 5.75 Å². The third-order valence-electron chi connectivity index (χ3n) is 5.46. The number of benzene rings is 2. The molecule has 0 spiro atoms. The Hall–Kier alpha value is -3.54. The lowest BCUT2D eigenvalue weighted by atomic mass is 10.1. The fourth-order valence-corrected chi connectivity index (χ4v) is 3.96. The number of hydrogen-bond acceptors (Lipinski definition) is 5. The number of imidazole rings is 1. The van der Waals surface area contributed by atoms with Crippen molar-refractivity contribution in [3.63, 3.8) is 0 Å². The zero-order valence-corrected chi connectivity index (χ0v) is 19.2. The molecule has 0 saturated carbocycles. The van der Waals surface area contributed by atoms with E-state index in [0.717, 1.165) is 47.9 Å². The molecule has 0 saturated heterocycles. The lowest BCUT2D eigenvalue weighted by Crippen LogP contribution is -2.10.